The fourth-order valence-electron chi connectivity index (χ4n) is 2.87. The zero-order valence-electron chi connectivity index (χ0n) is 13.2. The summed E-state index contributed by atoms with van der Waals surface area (Å²) in [7, 11) is 0. The molecule has 0 heterocycles. The van der Waals surface area contributed by atoms with Gasteiger partial charge in [0.2, 0.25) is 0 Å². The van der Waals surface area contributed by atoms with Gasteiger partial charge in [0.15, 0.2) is 0 Å². The van der Waals surface area contributed by atoms with E-state index in [-0.39, 0.29) is 0 Å². The smallest absolute Gasteiger partial charge is 0.00696 e. The van der Waals surface area contributed by atoms with Gasteiger partial charge < -0.3 is 5.32 Å². The van der Waals surface area contributed by atoms with E-state index in [1.807, 2.05) is 0 Å². The van der Waals surface area contributed by atoms with Crippen LogP contribution in [0, 0.1) is 5.41 Å². The molecule has 1 N–H and O–H groups in total. The lowest BCUT2D eigenvalue weighted by atomic mass is 9.91. The van der Waals surface area contributed by atoms with Gasteiger partial charge in [-0.3, -0.25) is 0 Å². The van der Waals surface area contributed by atoms with Gasteiger partial charge in [-0.25, -0.2) is 0 Å². The molecule has 0 aromatic carbocycles. The Balaban J connectivity index is 0.000000280. The molecule has 0 aromatic heterocycles. The van der Waals surface area contributed by atoms with Crippen molar-refractivity contribution in [2.75, 3.05) is 0 Å². The minimum absolute atomic E-state index is 0.500. The standard InChI is InChI=1S/C12H23N.C5H12/c1-3-7-11(8-4-1)13-12-9-5-2-6-10-12;1-5(2,3)4/h11-13H,1-10H2;1-4H3. The second kappa shape index (κ2) is 8.19. The number of hydrogen-bond acceptors (Lipinski definition) is 1. The normalized spacial score (nSPS) is 23.3. The molecule has 2 saturated carbocycles. The third kappa shape index (κ3) is 8.97. The van der Waals surface area contributed by atoms with Crippen LogP contribution in [-0.2, 0) is 0 Å². The summed E-state index contributed by atoms with van der Waals surface area (Å²) in [5.74, 6) is 0. The van der Waals surface area contributed by atoms with Crippen LogP contribution >= 0.6 is 0 Å². The van der Waals surface area contributed by atoms with Crippen molar-refractivity contribution in [3.63, 3.8) is 0 Å². The molecular formula is C17H35N. The van der Waals surface area contributed by atoms with Crippen LogP contribution < -0.4 is 5.32 Å². The van der Waals surface area contributed by atoms with Gasteiger partial charge in [-0.05, 0) is 31.1 Å². The molecular weight excluding hydrogens is 218 g/mol. The second-order valence-corrected chi connectivity index (χ2v) is 7.84. The van der Waals surface area contributed by atoms with E-state index in [1.54, 1.807) is 0 Å². The molecule has 0 aliphatic heterocycles. The maximum atomic E-state index is 3.86. The van der Waals surface area contributed by atoms with Crippen molar-refractivity contribution in [2.24, 2.45) is 5.41 Å². The summed E-state index contributed by atoms with van der Waals surface area (Å²) >= 11 is 0. The summed E-state index contributed by atoms with van der Waals surface area (Å²) in [6.07, 6.45) is 14.6. The Morgan fingerprint density at radius 2 is 0.889 bits per heavy atom. The van der Waals surface area contributed by atoms with Crippen molar-refractivity contribution in [3.8, 4) is 0 Å². The second-order valence-electron chi connectivity index (χ2n) is 7.84. The summed E-state index contributed by atoms with van der Waals surface area (Å²) in [4.78, 5) is 0. The van der Waals surface area contributed by atoms with Crippen molar-refractivity contribution in [1.82, 2.24) is 5.32 Å². The molecule has 2 aliphatic carbocycles. The molecule has 0 radical (unpaired) electrons. The van der Waals surface area contributed by atoms with E-state index in [2.05, 4.69) is 33.0 Å². The molecule has 0 amide bonds. The summed E-state index contributed by atoms with van der Waals surface area (Å²) in [6.45, 7) is 8.75. The van der Waals surface area contributed by atoms with Crippen LogP contribution in [0.5, 0.6) is 0 Å². The number of rotatable bonds is 2. The Labute approximate surface area is 115 Å². The SMILES string of the molecule is C1CCC(NC2CCCCC2)CC1.CC(C)(C)C. The van der Waals surface area contributed by atoms with Gasteiger partial charge in [-0.2, -0.15) is 0 Å². The predicted octanol–water partition coefficient (Wildman–Crippen LogP) is 5.29. The van der Waals surface area contributed by atoms with E-state index in [0.29, 0.717) is 5.41 Å². The van der Waals surface area contributed by atoms with Crippen molar-refractivity contribution < 1.29 is 0 Å². The predicted molar refractivity (Wildman–Crippen MR) is 82.0 cm³/mol. The lowest BCUT2D eigenvalue weighted by Gasteiger charge is -2.30. The highest BCUT2D eigenvalue weighted by molar-refractivity contribution is 4.79. The maximum absolute atomic E-state index is 3.86. The van der Waals surface area contributed by atoms with Gasteiger partial charge in [0.05, 0.1) is 0 Å². The maximum Gasteiger partial charge on any atom is 0.00696 e. The minimum atomic E-state index is 0.500. The zero-order chi connectivity index (χ0) is 13.4. The summed E-state index contributed by atoms with van der Waals surface area (Å²) in [5.41, 5.74) is 0.500. The van der Waals surface area contributed by atoms with Crippen LogP contribution in [0.15, 0.2) is 0 Å². The van der Waals surface area contributed by atoms with Crippen LogP contribution in [0.4, 0.5) is 0 Å². The summed E-state index contributed by atoms with van der Waals surface area (Å²) in [6, 6.07) is 1.74. The first-order chi connectivity index (χ1) is 8.45. The molecule has 18 heavy (non-hydrogen) atoms. The monoisotopic (exact) mass is 253 g/mol. The lowest BCUT2D eigenvalue weighted by Crippen LogP contribution is -2.40. The highest BCUT2D eigenvalue weighted by atomic mass is 14.9. The quantitative estimate of drug-likeness (QED) is 0.704. The largest absolute Gasteiger partial charge is 0.311 e. The van der Waals surface area contributed by atoms with Gasteiger partial charge in [0.1, 0.15) is 0 Å². The molecule has 1 nitrogen and oxygen atoms in total. The van der Waals surface area contributed by atoms with E-state index in [0.717, 1.165) is 12.1 Å². The van der Waals surface area contributed by atoms with Crippen molar-refractivity contribution in [3.05, 3.63) is 0 Å². The summed E-state index contributed by atoms with van der Waals surface area (Å²) < 4.78 is 0. The van der Waals surface area contributed by atoms with E-state index >= 15 is 0 Å². The molecule has 1 heteroatoms. The van der Waals surface area contributed by atoms with Crippen molar-refractivity contribution >= 4 is 0 Å². The van der Waals surface area contributed by atoms with Crippen molar-refractivity contribution in [1.29, 1.82) is 0 Å². The van der Waals surface area contributed by atoms with Gasteiger partial charge in [0.25, 0.3) is 0 Å². The average Bonchev–Trinajstić information content (AvgIpc) is 2.29. The van der Waals surface area contributed by atoms with Gasteiger partial charge in [-0.15, -0.1) is 0 Å². The van der Waals surface area contributed by atoms with E-state index in [9.17, 15) is 0 Å². The molecule has 2 rings (SSSR count). The van der Waals surface area contributed by atoms with Gasteiger partial charge >= 0.3 is 0 Å². The van der Waals surface area contributed by atoms with E-state index in [4.69, 9.17) is 0 Å². The molecule has 2 aliphatic rings. The molecule has 2 fully saturated rings. The van der Waals surface area contributed by atoms with Crippen LogP contribution in [-0.4, -0.2) is 12.1 Å². The zero-order valence-corrected chi connectivity index (χ0v) is 13.2. The fourth-order valence-corrected chi connectivity index (χ4v) is 2.87. The molecule has 0 aromatic rings. The first kappa shape index (κ1) is 16.0. The molecule has 0 spiro atoms. The molecule has 0 atom stereocenters. The Kier molecular flexibility index (Phi) is 7.29. The topological polar surface area (TPSA) is 12.0 Å². The molecule has 0 bridgehead atoms. The third-order valence-electron chi connectivity index (χ3n) is 3.68. The first-order valence-corrected chi connectivity index (χ1v) is 8.21. The number of hydrogen-bond donors (Lipinski definition) is 1. The van der Waals surface area contributed by atoms with Crippen LogP contribution in [0.1, 0.15) is 91.9 Å². The van der Waals surface area contributed by atoms with Crippen molar-refractivity contribution in [2.45, 2.75) is 104 Å². The van der Waals surface area contributed by atoms with Crippen LogP contribution in [0.3, 0.4) is 0 Å². The minimum Gasteiger partial charge on any atom is -0.311 e. The van der Waals surface area contributed by atoms with Gasteiger partial charge in [0, 0.05) is 12.1 Å². The molecule has 108 valence electrons. The highest BCUT2D eigenvalue weighted by Gasteiger charge is 2.19. The molecule has 0 saturated heterocycles. The summed E-state index contributed by atoms with van der Waals surface area (Å²) in [5, 5.41) is 3.86. The Hall–Kier alpha value is -0.0400. The van der Waals surface area contributed by atoms with E-state index < -0.39 is 0 Å². The fraction of sp³-hybridized carbons (Fsp3) is 1.00. The Bertz CT molecular complexity index is 170. The Morgan fingerprint density at radius 1 is 0.611 bits per heavy atom. The number of nitrogens with one attached hydrogen (secondary N) is 1. The van der Waals surface area contributed by atoms with Crippen LogP contribution in [0.25, 0.3) is 0 Å². The van der Waals surface area contributed by atoms with E-state index in [1.165, 1.54) is 64.2 Å². The lowest BCUT2D eigenvalue weighted by molar-refractivity contribution is 0.291. The van der Waals surface area contributed by atoms with Crippen LogP contribution in [0.2, 0.25) is 0 Å². The first-order valence-electron chi connectivity index (χ1n) is 8.21. The molecule has 0 unspecified atom stereocenters. The Morgan fingerprint density at radius 3 is 1.17 bits per heavy atom. The highest BCUT2D eigenvalue weighted by Crippen LogP contribution is 2.22. The van der Waals surface area contributed by atoms with Gasteiger partial charge in [-0.1, -0.05) is 66.2 Å². The third-order valence-corrected chi connectivity index (χ3v) is 3.68. The average molecular weight is 253 g/mol.